The molecule has 1 heterocycles. The van der Waals surface area contributed by atoms with Crippen LogP contribution < -0.4 is 10.6 Å². The standard InChI is InChI=1S/C19H32N4O2/c1-6-23-12-15(14(4)22-23)17(24)20-11-8-16(13(2)3)21-18(25)19(5)9-7-10-19/h12-13,16H,6-11H2,1-5H3,(H,20,24)(H,21,25)/t16-/m1/s1. The number of amides is 2. The zero-order chi connectivity index (χ0) is 18.6. The van der Waals surface area contributed by atoms with Crippen LogP contribution in [0, 0.1) is 18.3 Å². The average molecular weight is 348 g/mol. The fourth-order valence-electron chi connectivity index (χ4n) is 3.19. The van der Waals surface area contributed by atoms with Crippen molar-refractivity contribution in [2.75, 3.05) is 6.54 Å². The fourth-order valence-corrected chi connectivity index (χ4v) is 3.19. The molecule has 1 fully saturated rings. The molecule has 6 heteroatoms. The molecule has 1 aliphatic rings. The van der Waals surface area contributed by atoms with Crippen LogP contribution in [0.5, 0.6) is 0 Å². The predicted molar refractivity (Wildman–Crippen MR) is 98.3 cm³/mol. The minimum absolute atomic E-state index is 0.0738. The highest BCUT2D eigenvalue weighted by atomic mass is 16.2. The number of aryl methyl sites for hydroxylation is 2. The molecule has 0 aliphatic heterocycles. The zero-order valence-electron chi connectivity index (χ0n) is 16.2. The van der Waals surface area contributed by atoms with E-state index in [1.165, 1.54) is 0 Å². The molecule has 0 saturated heterocycles. The van der Waals surface area contributed by atoms with Gasteiger partial charge in [-0.15, -0.1) is 0 Å². The van der Waals surface area contributed by atoms with Crippen molar-refractivity contribution in [3.63, 3.8) is 0 Å². The summed E-state index contributed by atoms with van der Waals surface area (Å²) in [5.41, 5.74) is 1.17. The largest absolute Gasteiger partial charge is 0.353 e. The van der Waals surface area contributed by atoms with Gasteiger partial charge in [0.2, 0.25) is 5.91 Å². The van der Waals surface area contributed by atoms with E-state index in [2.05, 4.69) is 29.6 Å². The molecule has 2 amide bonds. The van der Waals surface area contributed by atoms with Crippen molar-refractivity contribution in [1.82, 2.24) is 20.4 Å². The highest BCUT2D eigenvalue weighted by Crippen LogP contribution is 2.40. The molecular formula is C19H32N4O2. The third-order valence-electron chi connectivity index (χ3n) is 5.38. The highest BCUT2D eigenvalue weighted by molar-refractivity contribution is 5.95. The molecule has 0 unspecified atom stereocenters. The van der Waals surface area contributed by atoms with Gasteiger partial charge in [0.25, 0.3) is 5.91 Å². The summed E-state index contributed by atoms with van der Waals surface area (Å²) in [6.45, 7) is 11.4. The molecule has 0 spiro atoms. The second kappa shape index (κ2) is 8.02. The number of rotatable bonds is 8. The van der Waals surface area contributed by atoms with E-state index in [0.717, 1.165) is 37.9 Å². The summed E-state index contributed by atoms with van der Waals surface area (Å²) >= 11 is 0. The molecule has 2 N–H and O–H groups in total. The van der Waals surface area contributed by atoms with Crippen LogP contribution in [0.2, 0.25) is 0 Å². The van der Waals surface area contributed by atoms with Crippen LogP contribution >= 0.6 is 0 Å². The Morgan fingerprint density at radius 3 is 2.52 bits per heavy atom. The maximum absolute atomic E-state index is 12.5. The van der Waals surface area contributed by atoms with Crippen molar-refractivity contribution in [1.29, 1.82) is 0 Å². The number of hydrogen-bond donors (Lipinski definition) is 2. The maximum atomic E-state index is 12.5. The number of nitrogens with zero attached hydrogens (tertiary/aromatic N) is 2. The van der Waals surface area contributed by atoms with Gasteiger partial charge in [-0.3, -0.25) is 14.3 Å². The SMILES string of the molecule is CCn1cc(C(=O)NCC[C@@H](NC(=O)C2(C)CCC2)C(C)C)c(C)n1. The normalized spacial score (nSPS) is 17.0. The first kappa shape index (κ1) is 19.5. The third-order valence-corrected chi connectivity index (χ3v) is 5.38. The van der Waals surface area contributed by atoms with Gasteiger partial charge in [-0.05, 0) is 39.0 Å². The summed E-state index contributed by atoms with van der Waals surface area (Å²) in [4.78, 5) is 24.8. The first-order chi connectivity index (χ1) is 11.8. The quantitative estimate of drug-likeness (QED) is 0.758. The Balaban J connectivity index is 1.85. The first-order valence-electron chi connectivity index (χ1n) is 9.40. The summed E-state index contributed by atoms with van der Waals surface area (Å²) < 4.78 is 1.76. The van der Waals surface area contributed by atoms with E-state index in [-0.39, 0.29) is 23.3 Å². The number of nitrogens with one attached hydrogen (secondary N) is 2. The Bertz CT molecular complexity index is 617. The predicted octanol–water partition coefficient (Wildman–Crippen LogP) is 2.66. The van der Waals surface area contributed by atoms with Crippen LogP contribution in [-0.2, 0) is 11.3 Å². The molecule has 140 valence electrons. The van der Waals surface area contributed by atoms with E-state index in [1.807, 2.05) is 20.8 Å². The van der Waals surface area contributed by atoms with Gasteiger partial charge in [0, 0.05) is 30.7 Å². The molecule has 0 radical (unpaired) electrons. The highest BCUT2D eigenvalue weighted by Gasteiger charge is 2.40. The van der Waals surface area contributed by atoms with E-state index >= 15 is 0 Å². The average Bonchev–Trinajstić information content (AvgIpc) is 2.92. The first-order valence-corrected chi connectivity index (χ1v) is 9.40. The summed E-state index contributed by atoms with van der Waals surface area (Å²) in [7, 11) is 0. The molecule has 1 aliphatic carbocycles. The third kappa shape index (κ3) is 4.61. The van der Waals surface area contributed by atoms with E-state index in [9.17, 15) is 9.59 Å². The van der Waals surface area contributed by atoms with Crippen LogP contribution in [0.15, 0.2) is 6.20 Å². The number of aromatic nitrogens is 2. The molecular weight excluding hydrogens is 316 g/mol. The minimum Gasteiger partial charge on any atom is -0.353 e. The van der Waals surface area contributed by atoms with Crippen LogP contribution in [0.4, 0.5) is 0 Å². The Hall–Kier alpha value is -1.85. The molecule has 25 heavy (non-hydrogen) atoms. The molecule has 0 aromatic carbocycles. The van der Waals surface area contributed by atoms with Crippen molar-refractivity contribution in [2.45, 2.75) is 72.9 Å². The van der Waals surface area contributed by atoms with Gasteiger partial charge in [-0.1, -0.05) is 27.2 Å². The van der Waals surface area contributed by atoms with Crippen molar-refractivity contribution >= 4 is 11.8 Å². The molecule has 1 aromatic heterocycles. The molecule has 1 saturated carbocycles. The lowest BCUT2D eigenvalue weighted by atomic mass is 9.69. The summed E-state index contributed by atoms with van der Waals surface area (Å²) in [5.74, 6) is 0.384. The van der Waals surface area contributed by atoms with Gasteiger partial charge < -0.3 is 10.6 Å². The monoisotopic (exact) mass is 348 g/mol. The van der Waals surface area contributed by atoms with Crippen molar-refractivity contribution in [2.24, 2.45) is 11.3 Å². The van der Waals surface area contributed by atoms with Gasteiger partial charge in [-0.25, -0.2) is 0 Å². The molecule has 1 aromatic rings. The lowest BCUT2D eigenvalue weighted by Gasteiger charge is -2.38. The van der Waals surface area contributed by atoms with Crippen LogP contribution in [0.25, 0.3) is 0 Å². The Morgan fingerprint density at radius 2 is 2.04 bits per heavy atom. The topological polar surface area (TPSA) is 76.0 Å². The van der Waals surface area contributed by atoms with Crippen molar-refractivity contribution in [3.8, 4) is 0 Å². The van der Waals surface area contributed by atoms with Crippen molar-refractivity contribution in [3.05, 3.63) is 17.5 Å². The van der Waals surface area contributed by atoms with Gasteiger partial charge in [0.15, 0.2) is 0 Å². The fraction of sp³-hybridized carbons (Fsp3) is 0.737. The summed E-state index contributed by atoms with van der Waals surface area (Å²) in [6, 6.07) is 0.0738. The Labute approximate surface area is 150 Å². The lowest BCUT2D eigenvalue weighted by Crippen LogP contribution is -2.49. The van der Waals surface area contributed by atoms with E-state index < -0.39 is 0 Å². The Morgan fingerprint density at radius 1 is 1.36 bits per heavy atom. The van der Waals surface area contributed by atoms with Gasteiger partial charge in [0.05, 0.1) is 11.3 Å². The Kier molecular flexibility index (Phi) is 6.25. The smallest absolute Gasteiger partial charge is 0.254 e. The van der Waals surface area contributed by atoms with Crippen LogP contribution in [0.3, 0.4) is 0 Å². The van der Waals surface area contributed by atoms with E-state index in [0.29, 0.717) is 18.0 Å². The van der Waals surface area contributed by atoms with E-state index in [4.69, 9.17) is 0 Å². The molecule has 0 bridgehead atoms. The van der Waals surface area contributed by atoms with Crippen LogP contribution in [0.1, 0.15) is 69.4 Å². The van der Waals surface area contributed by atoms with Gasteiger partial charge >= 0.3 is 0 Å². The molecule has 6 nitrogen and oxygen atoms in total. The number of hydrogen-bond acceptors (Lipinski definition) is 3. The molecule has 1 atom stereocenters. The molecule has 2 rings (SSSR count). The van der Waals surface area contributed by atoms with E-state index in [1.54, 1.807) is 10.9 Å². The van der Waals surface area contributed by atoms with Gasteiger partial charge in [0.1, 0.15) is 0 Å². The van der Waals surface area contributed by atoms with Gasteiger partial charge in [-0.2, -0.15) is 5.10 Å². The maximum Gasteiger partial charge on any atom is 0.254 e. The second-order valence-corrected chi connectivity index (χ2v) is 7.77. The number of carbonyl (C=O) groups is 2. The van der Waals surface area contributed by atoms with Crippen LogP contribution in [-0.4, -0.2) is 34.2 Å². The summed E-state index contributed by atoms with van der Waals surface area (Å²) in [6.07, 6.45) is 5.59. The second-order valence-electron chi connectivity index (χ2n) is 7.77. The summed E-state index contributed by atoms with van der Waals surface area (Å²) in [5, 5.41) is 10.5. The zero-order valence-corrected chi connectivity index (χ0v) is 16.2. The lowest BCUT2D eigenvalue weighted by molar-refractivity contribution is -0.135. The van der Waals surface area contributed by atoms with Crippen molar-refractivity contribution < 1.29 is 9.59 Å². The number of carbonyl (C=O) groups excluding carboxylic acids is 2. The minimum atomic E-state index is -0.192.